The second kappa shape index (κ2) is 12.8. The molecule has 4 rings (SSSR count). The molecule has 3 aromatic carbocycles. The van der Waals surface area contributed by atoms with Gasteiger partial charge in [-0.1, -0.05) is 72.8 Å². The third kappa shape index (κ3) is 8.29. The van der Waals surface area contributed by atoms with Crippen molar-refractivity contribution in [3.8, 4) is 11.1 Å². The third-order valence-electron chi connectivity index (χ3n) is 5.81. The minimum atomic E-state index is -0.672. The van der Waals surface area contributed by atoms with Gasteiger partial charge in [-0.25, -0.2) is 14.7 Å². The quantitative estimate of drug-likeness (QED) is 0.252. The molecule has 0 saturated carbocycles. The number of rotatable bonds is 8. The minimum absolute atomic E-state index is 0.154. The number of benzene rings is 3. The van der Waals surface area contributed by atoms with Gasteiger partial charge in [0.05, 0.1) is 17.3 Å². The maximum Gasteiger partial charge on any atom is 0.411 e. The number of hydrogen-bond acceptors (Lipinski definition) is 6. The number of hydrogen-bond donors (Lipinski definition) is 3. The molecule has 2 amide bonds. The summed E-state index contributed by atoms with van der Waals surface area (Å²) in [5.74, 6) is 0. The summed E-state index contributed by atoms with van der Waals surface area (Å²) < 4.78 is 10.7. The summed E-state index contributed by atoms with van der Waals surface area (Å²) in [6, 6.07) is 26.9. The molecular weight excluding hydrogens is 508 g/mol. The van der Waals surface area contributed by atoms with Crippen LogP contribution in [0, 0.1) is 0 Å². The summed E-state index contributed by atoms with van der Waals surface area (Å²) in [6.07, 6.45) is -0.734. The lowest BCUT2D eigenvalue weighted by Crippen LogP contribution is -2.36. The number of alkyl carbamates (subject to hydrolysis) is 1. The molecule has 0 fully saturated rings. The summed E-state index contributed by atoms with van der Waals surface area (Å²) >= 11 is 0. The van der Waals surface area contributed by atoms with Crippen molar-refractivity contribution in [2.75, 3.05) is 5.32 Å². The van der Waals surface area contributed by atoms with Gasteiger partial charge in [-0.3, -0.25) is 10.1 Å². The van der Waals surface area contributed by atoms with E-state index >= 15 is 0 Å². The molecule has 1 atom stereocenters. The van der Waals surface area contributed by atoms with Gasteiger partial charge in [-0.2, -0.15) is 5.10 Å². The molecular formula is C31H32N4O5. The molecule has 0 bridgehead atoms. The fourth-order valence-electron chi connectivity index (χ4n) is 3.95. The van der Waals surface area contributed by atoms with Crippen LogP contribution in [0.25, 0.3) is 11.1 Å². The van der Waals surface area contributed by atoms with Crippen LogP contribution in [-0.4, -0.2) is 28.0 Å². The maximum absolute atomic E-state index is 12.7. The van der Waals surface area contributed by atoms with Crippen molar-refractivity contribution in [3.63, 3.8) is 0 Å². The van der Waals surface area contributed by atoms with Crippen LogP contribution in [0.2, 0.25) is 0 Å². The molecule has 0 saturated heterocycles. The van der Waals surface area contributed by atoms with Gasteiger partial charge in [0.1, 0.15) is 12.2 Å². The Morgan fingerprint density at radius 3 is 2.12 bits per heavy atom. The second-order valence-electron chi connectivity index (χ2n) is 10.2. The summed E-state index contributed by atoms with van der Waals surface area (Å²) in [6.45, 7) is 5.52. The monoisotopic (exact) mass is 540 g/mol. The van der Waals surface area contributed by atoms with E-state index in [0.29, 0.717) is 28.9 Å². The average Bonchev–Trinajstić information content (AvgIpc) is 2.92. The summed E-state index contributed by atoms with van der Waals surface area (Å²) in [4.78, 5) is 37.6. The fraction of sp³-hybridized carbons (Fsp3) is 0.226. The highest BCUT2D eigenvalue weighted by Gasteiger charge is 2.23. The van der Waals surface area contributed by atoms with Crippen molar-refractivity contribution in [2.24, 2.45) is 0 Å². The van der Waals surface area contributed by atoms with Crippen molar-refractivity contribution in [3.05, 3.63) is 118 Å². The van der Waals surface area contributed by atoms with E-state index in [0.717, 1.165) is 11.1 Å². The lowest BCUT2D eigenvalue weighted by Gasteiger charge is -2.23. The van der Waals surface area contributed by atoms with Crippen LogP contribution in [0.4, 0.5) is 15.3 Å². The fourth-order valence-corrected chi connectivity index (χ4v) is 3.95. The lowest BCUT2D eigenvalue weighted by atomic mass is 10.0. The molecule has 0 aliphatic carbocycles. The molecule has 0 aliphatic rings. The second-order valence-corrected chi connectivity index (χ2v) is 10.2. The highest BCUT2D eigenvalue weighted by molar-refractivity contribution is 5.85. The van der Waals surface area contributed by atoms with Crippen molar-refractivity contribution < 1.29 is 19.1 Å². The number of nitrogens with one attached hydrogen (secondary N) is 3. The first-order chi connectivity index (χ1) is 19.2. The Labute approximate surface area is 232 Å². The van der Waals surface area contributed by atoms with E-state index < -0.39 is 23.8 Å². The van der Waals surface area contributed by atoms with E-state index in [1.54, 1.807) is 51.1 Å². The van der Waals surface area contributed by atoms with Gasteiger partial charge >= 0.3 is 12.2 Å². The molecule has 40 heavy (non-hydrogen) atoms. The smallest absolute Gasteiger partial charge is 0.411 e. The first kappa shape index (κ1) is 28.1. The molecule has 0 unspecified atom stereocenters. The molecule has 0 aliphatic heterocycles. The Kier molecular flexibility index (Phi) is 8.96. The van der Waals surface area contributed by atoms with Crippen LogP contribution < -0.4 is 16.2 Å². The first-order valence-electron chi connectivity index (χ1n) is 12.9. The van der Waals surface area contributed by atoms with Crippen LogP contribution in [-0.2, 0) is 22.5 Å². The molecule has 206 valence electrons. The summed E-state index contributed by atoms with van der Waals surface area (Å²) in [5.41, 5.74) is 2.77. The topological polar surface area (TPSA) is 122 Å². The van der Waals surface area contributed by atoms with Gasteiger partial charge in [-0.15, -0.1) is 0 Å². The number of aromatic nitrogens is 2. The number of ether oxygens (including phenoxy) is 2. The number of nitrogens with zero attached hydrogens (tertiary/aromatic N) is 1. The zero-order chi connectivity index (χ0) is 28.5. The normalized spacial score (nSPS) is 11.8. The standard InChI is InChI=1S/C31H32N4O5/c1-31(2,3)40-30(38)33-26(18-21-10-6-4-7-11-21)27-19-25(28(36)35-34-27)23-14-16-24(17-15-23)32-29(37)39-20-22-12-8-5-9-13-22/h4-17,19,26H,18,20H2,1-3H3,(H,32,37)(H,33,38)(H,35,36)/t26-/m0/s1. The molecule has 0 radical (unpaired) electrons. The molecule has 1 heterocycles. The highest BCUT2D eigenvalue weighted by Crippen LogP contribution is 2.23. The van der Waals surface area contributed by atoms with E-state index in [1.807, 2.05) is 60.7 Å². The van der Waals surface area contributed by atoms with E-state index in [4.69, 9.17) is 9.47 Å². The van der Waals surface area contributed by atoms with Crippen LogP contribution >= 0.6 is 0 Å². The molecule has 9 heteroatoms. The number of aromatic amines is 1. The SMILES string of the molecule is CC(C)(C)OC(=O)N[C@@H](Cc1ccccc1)c1cc(-c2ccc(NC(=O)OCc3ccccc3)cc2)c(=O)[nH]n1. The van der Waals surface area contributed by atoms with Gasteiger partial charge < -0.3 is 14.8 Å². The third-order valence-corrected chi connectivity index (χ3v) is 5.81. The number of anilines is 1. The average molecular weight is 541 g/mol. The summed E-state index contributed by atoms with van der Waals surface area (Å²) in [7, 11) is 0. The van der Waals surface area contributed by atoms with Crippen LogP contribution in [0.3, 0.4) is 0 Å². The number of carbonyl (C=O) groups is 2. The summed E-state index contributed by atoms with van der Waals surface area (Å²) in [5, 5.41) is 12.3. The predicted octanol–water partition coefficient (Wildman–Crippen LogP) is 5.99. The predicted molar refractivity (Wildman–Crippen MR) is 153 cm³/mol. The van der Waals surface area contributed by atoms with Gasteiger partial charge in [0.25, 0.3) is 5.56 Å². The lowest BCUT2D eigenvalue weighted by molar-refractivity contribution is 0.0502. The van der Waals surface area contributed by atoms with E-state index in [1.165, 1.54) is 0 Å². The molecule has 4 aromatic rings. The van der Waals surface area contributed by atoms with E-state index in [-0.39, 0.29) is 12.2 Å². The van der Waals surface area contributed by atoms with Crippen molar-refractivity contribution in [1.82, 2.24) is 15.5 Å². The minimum Gasteiger partial charge on any atom is -0.444 e. The van der Waals surface area contributed by atoms with Crippen molar-refractivity contribution >= 4 is 17.9 Å². The highest BCUT2D eigenvalue weighted by atomic mass is 16.6. The molecule has 3 N–H and O–H groups in total. The van der Waals surface area contributed by atoms with Gasteiger partial charge in [-0.05, 0) is 62.1 Å². The molecule has 9 nitrogen and oxygen atoms in total. The van der Waals surface area contributed by atoms with Crippen LogP contribution in [0.5, 0.6) is 0 Å². The number of H-pyrrole nitrogens is 1. The van der Waals surface area contributed by atoms with Crippen molar-refractivity contribution in [1.29, 1.82) is 0 Å². The van der Waals surface area contributed by atoms with Crippen LogP contribution in [0.1, 0.15) is 43.6 Å². The molecule has 0 spiro atoms. The Morgan fingerprint density at radius 2 is 1.50 bits per heavy atom. The zero-order valence-electron chi connectivity index (χ0n) is 22.6. The Balaban J connectivity index is 1.50. The van der Waals surface area contributed by atoms with Gasteiger partial charge in [0, 0.05) is 5.69 Å². The van der Waals surface area contributed by atoms with Gasteiger partial charge in [0.2, 0.25) is 0 Å². The first-order valence-corrected chi connectivity index (χ1v) is 12.9. The number of amides is 2. The largest absolute Gasteiger partial charge is 0.444 e. The number of carbonyl (C=O) groups excluding carboxylic acids is 2. The van der Waals surface area contributed by atoms with Gasteiger partial charge in [0.15, 0.2) is 0 Å². The van der Waals surface area contributed by atoms with Crippen molar-refractivity contribution in [2.45, 2.75) is 45.4 Å². The Bertz CT molecular complexity index is 1480. The molecule has 1 aromatic heterocycles. The Morgan fingerprint density at radius 1 is 0.875 bits per heavy atom. The maximum atomic E-state index is 12.7. The Hall–Kier alpha value is -4.92. The zero-order valence-corrected chi connectivity index (χ0v) is 22.6. The van der Waals surface area contributed by atoms with E-state index in [2.05, 4.69) is 20.8 Å². The van der Waals surface area contributed by atoms with E-state index in [9.17, 15) is 14.4 Å². The van der Waals surface area contributed by atoms with Crippen LogP contribution in [0.15, 0.2) is 95.8 Å².